The van der Waals surface area contributed by atoms with Crippen LogP contribution in [-0.4, -0.2) is 40.0 Å². The lowest BCUT2D eigenvalue weighted by atomic mass is 10.00. The van der Waals surface area contributed by atoms with Gasteiger partial charge in [-0.25, -0.2) is 4.79 Å². The average molecular weight is 441 g/mol. The highest BCUT2D eigenvalue weighted by molar-refractivity contribution is 7.10. The summed E-state index contributed by atoms with van der Waals surface area (Å²) in [5, 5.41) is 16.9. The molecule has 3 aromatic rings. The third kappa shape index (κ3) is 3.15. The second-order valence-electron chi connectivity index (χ2n) is 7.10. The van der Waals surface area contributed by atoms with Crippen LogP contribution in [0.1, 0.15) is 44.0 Å². The SMILES string of the molecule is COC(=O)c1c(C)[nH]c(/C(O)=C2\C(=O)C(=O)N(c3cc(C)on3)C2c2cccs2)c1C. The molecule has 10 heteroatoms. The van der Waals surface area contributed by atoms with Gasteiger partial charge in [0.2, 0.25) is 0 Å². The molecule has 1 amide bonds. The average Bonchev–Trinajstić information content (AvgIpc) is 3.50. The minimum Gasteiger partial charge on any atom is -0.505 e. The molecular weight excluding hydrogens is 422 g/mol. The molecular formula is C21H19N3O6S. The van der Waals surface area contributed by atoms with Gasteiger partial charge in [0, 0.05) is 16.6 Å². The lowest BCUT2D eigenvalue weighted by Crippen LogP contribution is -2.29. The van der Waals surface area contributed by atoms with Crippen molar-refractivity contribution in [2.45, 2.75) is 26.8 Å². The molecule has 31 heavy (non-hydrogen) atoms. The number of carbonyl (C=O) groups is 3. The van der Waals surface area contributed by atoms with Crippen molar-refractivity contribution in [3.8, 4) is 0 Å². The molecule has 1 unspecified atom stereocenters. The predicted molar refractivity (Wildman–Crippen MR) is 112 cm³/mol. The Bertz CT molecular complexity index is 1230. The highest BCUT2D eigenvalue weighted by Crippen LogP contribution is 2.43. The smallest absolute Gasteiger partial charge is 0.339 e. The van der Waals surface area contributed by atoms with Crippen molar-refractivity contribution >= 4 is 40.6 Å². The number of nitrogens with one attached hydrogen (secondary N) is 1. The molecule has 0 aliphatic carbocycles. The number of aliphatic hydroxyl groups excluding tert-OH is 1. The highest BCUT2D eigenvalue weighted by atomic mass is 32.1. The number of aromatic amines is 1. The normalized spacial score (nSPS) is 18.1. The second kappa shape index (κ2) is 7.55. The number of hydrogen-bond acceptors (Lipinski definition) is 8. The van der Waals surface area contributed by atoms with Crippen LogP contribution >= 0.6 is 11.3 Å². The zero-order valence-corrected chi connectivity index (χ0v) is 18.0. The van der Waals surface area contributed by atoms with E-state index in [0.717, 1.165) is 0 Å². The third-order valence-corrected chi connectivity index (χ3v) is 6.11. The molecule has 1 saturated heterocycles. The lowest BCUT2D eigenvalue weighted by molar-refractivity contribution is -0.132. The molecule has 9 nitrogen and oxygen atoms in total. The number of methoxy groups -OCH3 is 1. The second-order valence-corrected chi connectivity index (χ2v) is 8.08. The minimum atomic E-state index is -0.894. The Labute approximate surface area is 180 Å². The molecule has 0 spiro atoms. The van der Waals surface area contributed by atoms with Gasteiger partial charge in [0.25, 0.3) is 5.78 Å². The van der Waals surface area contributed by atoms with Gasteiger partial charge in [-0.15, -0.1) is 11.3 Å². The quantitative estimate of drug-likeness (QED) is 0.275. The van der Waals surface area contributed by atoms with Crippen LogP contribution in [0.2, 0.25) is 0 Å². The summed E-state index contributed by atoms with van der Waals surface area (Å²) in [6.07, 6.45) is 0. The molecule has 160 valence electrons. The van der Waals surface area contributed by atoms with E-state index in [4.69, 9.17) is 9.26 Å². The van der Waals surface area contributed by atoms with Crippen LogP contribution in [0.3, 0.4) is 0 Å². The third-order valence-electron chi connectivity index (χ3n) is 5.18. The number of aliphatic hydroxyl groups is 1. The maximum absolute atomic E-state index is 13.0. The molecule has 4 rings (SSSR count). The number of ketones is 1. The molecule has 3 aromatic heterocycles. The van der Waals surface area contributed by atoms with Crippen LogP contribution in [0.15, 0.2) is 33.7 Å². The summed E-state index contributed by atoms with van der Waals surface area (Å²) in [7, 11) is 1.26. The number of hydrogen-bond donors (Lipinski definition) is 2. The van der Waals surface area contributed by atoms with E-state index >= 15 is 0 Å². The van der Waals surface area contributed by atoms with Gasteiger partial charge < -0.3 is 19.4 Å². The van der Waals surface area contributed by atoms with Gasteiger partial charge in [-0.05, 0) is 37.8 Å². The Hall–Kier alpha value is -3.66. The fourth-order valence-electron chi connectivity index (χ4n) is 3.78. The molecule has 1 aliphatic heterocycles. The molecule has 0 aromatic carbocycles. The molecule has 0 saturated carbocycles. The van der Waals surface area contributed by atoms with Crippen LogP contribution in [0.5, 0.6) is 0 Å². The first kappa shape index (κ1) is 20.6. The van der Waals surface area contributed by atoms with Crippen molar-refractivity contribution in [1.29, 1.82) is 0 Å². The molecule has 0 radical (unpaired) electrons. The first-order chi connectivity index (χ1) is 14.8. The van der Waals surface area contributed by atoms with Crippen molar-refractivity contribution in [1.82, 2.24) is 10.1 Å². The van der Waals surface area contributed by atoms with E-state index < -0.39 is 29.5 Å². The van der Waals surface area contributed by atoms with Crippen molar-refractivity contribution < 1.29 is 28.8 Å². The molecule has 1 fully saturated rings. The van der Waals surface area contributed by atoms with Crippen molar-refractivity contribution in [3.05, 3.63) is 62.3 Å². The topological polar surface area (TPSA) is 126 Å². The van der Waals surface area contributed by atoms with Gasteiger partial charge in [-0.3, -0.25) is 14.5 Å². The number of rotatable bonds is 4. The number of anilines is 1. The number of Topliss-reactive ketones (excluding diaryl/α,β-unsaturated/α-hetero) is 1. The van der Waals surface area contributed by atoms with Gasteiger partial charge >= 0.3 is 11.9 Å². The van der Waals surface area contributed by atoms with Gasteiger partial charge in [0.1, 0.15) is 17.6 Å². The number of H-pyrrole nitrogens is 1. The van der Waals surface area contributed by atoms with Crippen LogP contribution in [0.25, 0.3) is 5.76 Å². The number of esters is 1. The Kier molecular flexibility index (Phi) is 5.02. The number of thiophene rings is 1. The molecule has 0 bridgehead atoms. The van der Waals surface area contributed by atoms with Gasteiger partial charge in [-0.2, -0.15) is 0 Å². The summed E-state index contributed by atoms with van der Waals surface area (Å²) < 4.78 is 9.90. The molecule has 2 N–H and O–H groups in total. The van der Waals surface area contributed by atoms with Gasteiger partial charge in [-0.1, -0.05) is 11.2 Å². The van der Waals surface area contributed by atoms with E-state index in [0.29, 0.717) is 21.9 Å². The Morgan fingerprint density at radius 2 is 2.06 bits per heavy atom. The summed E-state index contributed by atoms with van der Waals surface area (Å²) in [6.45, 7) is 4.96. The molecule has 1 aliphatic rings. The van der Waals surface area contributed by atoms with Crippen LogP contribution in [0, 0.1) is 20.8 Å². The number of aromatic nitrogens is 2. The fourth-order valence-corrected chi connectivity index (χ4v) is 4.60. The summed E-state index contributed by atoms with van der Waals surface area (Å²) >= 11 is 1.33. The fraction of sp³-hybridized carbons (Fsp3) is 0.238. The standard InChI is InChI=1S/C21H19N3O6S/c1-9-8-13(23-30-9)24-17(12-6-5-7-31-12)15(19(26)20(24)27)18(25)16-10(2)14(11(3)22-16)21(28)29-4/h5-8,17,22,25H,1-4H3/b18-15+. The summed E-state index contributed by atoms with van der Waals surface area (Å²) in [6, 6.07) is 4.20. The highest BCUT2D eigenvalue weighted by Gasteiger charge is 2.49. The Morgan fingerprint density at radius 3 is 2.65 bits per heavy atom. The summed E-state index contributed by atoms with van der Waals surface area (Å²) in [5.74, 6) is -2.02. The van der Waals surface area contributed by atoms with Crippen molar-refractivity contribution in [2.24, 2.45) is 0 Å². The number of ether oxygens (including phenoxy) is 1. The Morgan fingerprint density at radius 1 is 1.32 bits per heavy atom. The lowest BCUT2D eigenvalue weighted by Gasteiger charge is -2.21. The van der Waals surface area contributed by atoms with E-state index in [1.165, 1.54) is 23.3 Å². The zero-order valence-electron chi connectivity index (χ0n) is 17.2. The monoisotopic (exact) mass is 441 g/mol. The van der Waals surface area contributed by atoms with E-state index in [2.05, 4.69) is 10.1 Å². The van der Waals surface area contributed by atoms with Crippen LogP contribution in [-0.2, 0) is 14.3 Å². The minimum absolute atomic E-state index is 0.103. The van der Waals surface area contributed by atoms with Gasteiger partial charge in [0.15, 0.2) is 5.82 Å². The van der Waals surface area contributed by atoms with Gasteiger partial charge in [0.05, 0.1) is 23.9 Å². The first-order valence-electron chi connectivity index (χ1n) is 9.31. The van der Waals surface area contributed by atoms with Crippen LogP contribution in [0.4, 0.5) is 5.82 Å². The summed E-state index contributed by atoms with van der Waals surface area (Å²) in [4.78, 5) is 42.9. The number of aryl methyl sites for hydroxylation is 2. The first-order valence-corrected chi connectivity index (χ1v) is 10.2. The van der Waals surface area contributed by atoms with E-state index in [1.54, 1.807) is 39.0 Å². The van der Waals surface area contributed by atoms with E-state index in [9.17, 15) is 19.5 Å². The maximum Gasteiger partial charge on any atom is 0.339 e. The number of nitrogens with zero attached hydrogens (tertiary/aromatic N) is 2. The Balaban J connectivity index is 1.94. The molecule has 1 atom stereocenters. The van der Waals surface area contributed by atoms with Crippen molar-refractivity contribution in [2.75, 3.05) is 12.0 Å². The van der Waals surface area contributed by atoms with Crippen molar-refractivity contribution in [3.63, 3.8) is 0 Å². The summed E-state index contributed by atoms with van der Waals surface area (Å²) in [5.41, 5.74) is 1.22. The molecule has 4 heterocycles. The maximum atomic E-state index is 13.0. The van der Waals surface area contributed by atoms with E-state index in [-0.39, 0.29) is 22.6 Å². The zero-order chi connectivity index (χ0) is 22.4. The van der Waals surface area contributed by atoms with Crippen LogP contribution < -0.4 is 4.90 Å². The number of amides is 1. The number of carbonyl (C=O) groups excluding carboxylic acids is 3. The predicted octanol–water partition coefficient (Wildman–Crippen LogP) is 3.40. The van der Waals surface area contributed by atoms with E-state index in [1.807, 2.05) is 5.38 Å². The largest absolute Gasteiger partial charge is 0.505 e.